The highest BCUT2D eigenvalue weighted by Crippen LogP contribution is 2.56. The molecule has 1 spiro atoms. The number of piperazine rings is 1. The van der Waals surface area contributed by atoms with Gasteiger partial charge in [0, 0.05) is 90.5 Å². The lowest BCUT2D eigenvalue weighted by molar-refractivity contribution is -0.137. The molecule has 1 unspecified atom stereocenters. The van der Waals surface area contributed by atoms with E-state index >= 15 is 4.39 Å². The minimum Gasteiger partial charge on any atom is -0.495 e. The Morgan fingerprint density at radius 3 is 2.51 bits per heavy atom. The van der Waals surface area contributed by atoms with Crippen LogP contribution in [-0.2, 0) is 26.3 Å². The molecule has 0 bridgehead atoms. The lowest BCUT2D eigenvalue weighted by Gasteiger charge is -2.39. The molecule has 4 N–H and O–H groups in total. The number of rotatable bonds is 8. The molecule has 0 aliphatic carbocycles. The molecule has 5 atom stereocenters. The van der Waals surface area contributed by atoms with E-state index in [2.05, 4.69) is 58.8 Å². The third-order valence-corrected chi connectivity index (χ3v) is 14.4. The molecule has 0 saturated carbocycles. The van der Waals surface area contributed by atoms with E-state index in [1.54, 1.807) is 47.4 Å². The van der Waals surface area contributed by atoms with Crippen LogP contribution in [0, 0.1) is 23.1 Å². The SMILES string of the molecule is COc1cc(C(=O)N2CCN(CC#Cc3cccc4c3CN(C3CCC(=O)NC3=O)C4=O)CC2)ccc1NC(=O)[C@@H]1N[C@@H](CC(C)(C)C)[C@@]2(CNc3cc(Cl)ccc32)[C@H]1c1cccc(Cl)c1F. The summed E-state index contributed by atoms with van der Waals surface area (Å²) in [6, 6.07) is 19.1. The van der Waals surface area contributed by atoms with Crippen molar-refractivity contribution in [3.05, 3.63) is 122 Å². The van der Waals surface area contributed by atoms with Gasteiger partial charge in [-0.3, -0.25) is 34.2 Å². The van der Waals surface area contributed by atoms with Crippen LogP contribution in [0.2, 0.25) is 10.0 Å². The Labute approximate surface area is 399 Å². The quantitative estimate of drug-likeness (QED) is 0.114. The average Bonchev–Trinajstić information content (AvgIpc) is 3.95. The highest BCUT2D eigenvalue weighted by atomic mass is 35.5. The van der Waals surface area contributed by atoms with Crippen LogP contribution in [0.4, 0.5) is 15.8 Å². The Kier molecular flexibility index (Phi) is 12.6. The molecule has 5 aliphatic rings. The molecule has 5 aliphatic heterocycles. The summed E-state index contributed by atoms with van der Waals surface area (Å²) in [6.07, 6.45) is 1.15. The maximum Gasteiger partial charge on any atom is 0.255 e. The Morgan fingerprint density at radius 1 is 0.985 bits per heavy atom. The van der Waals surface area contributed by atoms with Crippen LogP contribution in [0.25, 0.3) is 0 Å². The zero-order valence-corrected chi connectivity index (χ0v) is 39.2. The van der Waals surface area contributed by atoms with Crippen molar-refractivity contribution >= 4 is 64.1 Å². The normalized spacial score (nSPS) is 23.6. The molecular weight excluding hydrogens is 897 g/mol. The second kappa shape index (κ2) is 18.3. The lowest BCUT2D eigenvalue weighted by Crippen LogP contribution is -2.52. The van der Waals surface area contributed by atoms with Gasteiger partial charge in [-0.2, -0.15) is 0 Å². The molecule has 5 heterocycles. The number of anilines is 2. The van der Waals surface area contributed by atoms with Gasteiger partial charge in [0.2, 0.25) is 17.7 Å². The summed E-state index contributed by atoms with van der Waals surface area (Å²) < 4.78 is 22.1. The number of piperidine rings is 1. The summed E-state index contributed by atoms with van der Waals surface area (Å²) in [6.45, 7) is 9.68. The fourth-order valence-corrected chi connectivity index (χ4v) is 11.0. The summed E-state index contributed by atoms with van der Waals surface area (Å²) in [5.41, 5.74) is 3.96. The maximum atomic E-state index is 16.3. The molecule has 0 radical (unpaired) electrons. The summed E-state index contributed by atoms with van der Waals surface area (Å²) in [5, 5.41) is 13.1. The Hall–Kier alpha value is -5.98. The minimum atomic E-state index is -0.899. The molecular formula is C51H52Cl2FN7O6. The van der Waals surface area contributed by atoms with Gasteiger partial charge in [0.1, 0.15) is 17.6 Å². The molecule has 348 valence electrons. The number of carbonyl (C=O) groups excluding carboxylic acids is 5. The lowest BCUT2D eigenvalue weighted by atomic mass is 9.63. The predicted molar refractivity (Wildman–Crippen MR) is 254 cm³/mol. The summed E-state index contributed by atoms with van der Waals surface area (Å²) in [4.78, 5) is 71.6. The third-order valence-electron chi connectivity index (χ3n) is 13.8. The van der Waals surface area contributed by atoms with Crippen molar-refractivity contribution in [3.8, 4) is 17.6 Å². The zero-order chi connectivity index (χ0) is 47.4. The standard InChI is InChI=1S/C51H52Cl2FN7O6/c1-50(2,3)26-41-51(28-55-38-25-31(52)14-15-35(38)51)43(33-11-6-12-36(53)44(33)54)45(57-41)47(64)56-37-16-13-30(24-40(37)67-4)48(65)60-22-20-59(21-23-60)19-7-9-29-8-5-10-32-34(29)27-61(49(32)66)39-17-18-42(62)58-46(39)63/h5-6,8,10-16,24-25,39,41,43,45,55,57H,17-23,26-28H2,1-4H3,(H,56,64)(H,58,62,63)/t39?,41-,43-,45+,51-/m0/s1. The van der Waals surface area contributed by atoms with Crippen molar-refractivity contribution in [3.63, 3.8) is 0 Å². The van der Waals surface area contributed by atoms with Crippen molar-refractivity contribution in [1.29, 1.82) is 0 Å². The first kappa shape index (κ1) is 46.1. The fraction of sp³-hybridized carbons (Fsp3) is 0.392. The van der Waals surface area contributed by atoms with Gasteiger partial charge in [-0.1, -0.05) is 80.1 Å². The Morgan fingerprint density at radius 2 is 1.76 bits per heavy atom. The van der Waals surface area contributed by atoms with Crippen molar-refractivity contribution in [2.24, 2.45) is 5.41 Å². The molecule has 4 aromatic rings. The van der Waals surface area contributed by atoms with Crippen LogP contribution in [-0.4, -0.2) is 109 Å². The Balaban J connectivity index is 0.877. The van der Waals surface area contributed by atoms with E-state index in [9.17, 15) is 24.0 Å². The molecule has 13 nitrogen and oxygen atoms in total. The van der Waals surface area contributed by atoms with Gasteiger partial charge in [0.15, 0.2) is 0 Å². The second-order valence-electron chi connectivity index (χ2n) is 19.2. The van der Waals surface area contributed by atoms with Crippen LogP contribution in [0.3, 0.4) is 0 Å². The molecule has 9 rings (SSSR count). The number of nitrogens with zero attached hydrogens (tertiary/aromatic N) is 3. The van der Waals surface area contributed by atoms with Gasteiger partial charge in [0.05, 0.1) is 30.4 Å². The van der Waals surface area contributed by atoms with E-state index in [-0.39, 0.29) is 53.6 Å². The number of amides is 5. The van der Waals surface area contributed by atoms with E-state index in [4.69, 9.17) is 27.9 Å². The molecule has 5 amide bonds. The maximum absolute atomic E-state index is 16.3. The molecule has 0 aromatic heterocycles. The number of methoxy groups -OCH3 is 1. The zero-order valence-electron chi connectivity index (χ0n) is 37.7. The first-order valence-corrected chi connectivity index (χ1v) is 23.3. The predicted octanol–water partition coefficient (Wildman–Crippen LogP) is 6.57. The van der Waals surface area contributed by atoms with Crippen LogP contribution >= 0.6 is 23.2 Å². The topological polar surface area (TPSA) is 152 Å². The van der Waals surface area contributed by atoms with Gasteiger partial charge in [0.25, 0.3) is 11.8 Å². The number of hydrogen-bond acceptors (Lipinski definition) is 9. The van der Waals surface area contributed by atoms with Gasteiger partial charge in [-0.25, -0.2) is 4.39 Å². The first-order valence-electron chi connectivity index (χ1n) is 22.6. The van der Waals surface area contributed by atoms with Crippen molar-refractivity contribution in [2.75, 3.05) is 57.0 Å². The fourth-order valence-electron chi connectivity index (χ4n) is 10.6. The second-order valence-corrected chi connectivity index (χ2v) is 20.0. The van der Waals surface area contributed by atoms with E-state index in [0.717, 1.165) is 16.8 Å². The monoisotopic (exact) mass is 947 g/mol. The number of ether oxygens (including phenoxy) is 1. The summed E-state index contributed by atoms with van der Waals surface area (Å²) >= 11 is 12.9. The number of fused-ring (bicyclic) bond motifs is 3. The summed E-state index contributed by atoms with van der Waals surface area (Å²) in [7, 11) is 1.48. The molecule has 16 heteroatoms. The number of nitrogens with one attached hydrogen (secondary N) is 4. The third kappa shape index (κ3) is 8.74. The molecule has 4 aromatic carbocycles. The van der Waals surface area contributed by atoms with E-state index < -0.39 is 41.0 Å². The number of halogens is 3. The van der Waals surface area contributed by atoms with E-state index in [0.29, 0.717) is 84.4 Å². The average molecular weight is 949 g/mol. The molecule has 3 saturated heterocycles. The van der Waals surface area contributed by atoms with Gasteiger partial charge in [-0.15, -0.1) is 0 Å². The Bertz CT molecular complexity index is 2760. The number of benzene rings is 4. The van der Waals surface area contributed by atoms with Crippen molar-refractivity contribution in [1.82, 2.24) is 25.3 Å². The van der Waals surface area contributed by atoms with Gasteiger partial charge >= 0.3 is 0 Å². The highest BCUT2D eigenvalue weighted by Gasteiger charge is 2.61. The number of carbonyl (C=O) groups is 5. The van der Waals surface area contributed by atoms with Crippen LogP contribution in [0.5, 0.6) is 5.75 Å². The van der Waals surface area contributed by atoms with Crippen LogP contribution in [0.15, 0.2) is 72.8 Å². The number of hydrogen-bond donors (Lipinski definition) is 4. The van der Waals surface area contributed by atoms with Crippen molar-refractivity contribution < 1.29 is 33.1 Å². The summed E-state index contributed by atoms with van der Waals surface area (Å²) in [5.74, 6) is 3.90. The van der Waals surface area contributed by atoms with Gasteiger partial charge in [-0.05, 0) is 83.5 Å². The molecule has 3 fully saturated rings. The van der Waals surface area contributed by atoms with Crippen LogP contribution in [0.1, 0.15) is 88.9 Å². The first-order chi connectivity index (χ1) is 32.1. The molecule has 67 heavy (non-hydrogen) atoms. The van der Waals surface area contributed by atoms with Crippen LogP contribution < -0.4 is 26.0 Å². The van der Waals surface area contributed by atoms with Crippen molar-refractivity contribution in [2.45, 2.75) is 76.0 Å². The minimum absolute atomic E-state index is 0.0290. The number of imide groups is 1. The highest BCUT2D eigenvalue weighted by molar-refractivity contribution is 6.31. The van der Waals surface area contributed by atoms with E-state index in [1.165, 1.54) is 18.1 Å². The smallest absolute Gasteiger partial charge is 0.255 e. The van der Waals surface area contributed by atoms with E-state index in [1.807, 2.05) is 24.3 Å². The van der Waals surface area contributed by atoms with Gasteiger partial charge < -0.3 is 30.5 Å². The largest absolute Gasteiger partial charge is 0.495 e.